The van der Waals surface area contributed by atoms with Crippen molar-refractivity contribution in [2.75, 3.05) is 13.2 Å². The molecule has 2 aromatic rings. The van der Waals surface area contributed by atoms with Crippen LogP contribution in [0.15, 0.2) is 27.2 Å². The van der Waals surface area contributed by atoms with Crippen LogP contribution in [0.3, 0.4) is 0 Å². The summed E-state index contributed by atoms with van der Waals surface area (Å²) in [5.74, 6) is -0.235. The molecular formula is C13H10BrNO5. The first-order chi connectivity index (χ1) is 9.66. The van der Waals surface area contributed by atoms with E-state index in [4.69, 9.17) is 19.1 Å². The molecule has 1 aromatic heterocycles. The lowest BCUT2D eigenvalue weighted by atomic mass is 10.1. The molecule has 6 nitrogen and oxygen atoms in total. The van der Waals surface area contributed by atoms with Gasteiger partial charge in [-0.25, -0.2) is 4.79 Å². The molecule has 0 unspecified atom stereocenters. The first kappa shape index (κ1) is 13.0. The lowest BCUT2D eigenvalue weighted by Crippen LogP contribution is -1.98. The molecule has 1 aromatic carbocycles. The van der Waals surface area contributed by atoms with Crippen LogP contribution in [0.4, 0.5) is 0 Å². The Balaban J connectivity index is 2.14. The molecule has 0 atom stereocenters. The summed E-state index contributed by atoms with van der Waals surface area (Å²) >= 11 is 3.42. The van der Waals surface area contributed by atoms with Gasteiger partial charge in [0.25, 0.3) is 0 Å². The van der Waals surface area contributed by atoms with Crippen LogP contribution in [0.5, 0.6) is 11.5 Å². The molecule has 0 amide bonds. The van der Waals surface area contributed by atoms with Gasteiger partial charge >= 0.3 is 5.97 Å². The number of hydrogen-bond donors (Lipinski definition) is 1. The lowest BCUT2D eigenvalue weighted by Gasteiger charge is -2.12. The molecule has 20 heavy (non-hydrogen) atoms. The van der Waals surface area contributed by atoms with Gasteiger partial charge in [0, 0.05) is 17.0 Å². The van der Waals surface area contributed by atoms with Crippen molar-refractivity contribution in [3.8, 4) is 22.8 Å². The fraction of sp³-hybridized carbons (Fsp3) is 0.231. The smallest absolute Gasteiger partial charge is 0.374 e. The maximum Gasteiger partial charge on any atom is 0.374 e. The summed E-state index contributed by atoms with van der Waals surface area (Å²) in [6.07, 6.45) is 0.783. The number of hydrogen-bond acceptors (Lipinski definition) is 5. The van der Waals surface area contributed by atoms with E-state index >= 15 is 0 Å². The quantitative estimate of drug-likeness (QED) is 0.905. The van der Waals surface area contributed by atoms with Gasteiger partial charge in [-0.3, -0.25) is 0 Å². The topological polar surface area (TPSA) is 81.8 Å². The number of rotatable bonds is 2. The average molecular weight is 340 g/mol. The first-order valence-corrected chi connectivity index (χ1v) is 6.74. The maximum atomic E-state index is 10.9. The van der Waals surface area contributed by atoms with Crippen LogP contribution in [0.2, 0.25) is 0 Å². The van der Waals surface area contributed by atoms with Crippen molar-refractivity contribution in [2.24, 2.45) is 0 Å². The second kappa shape index (κ2) is 5.16. The van der Waals surface area contributed by atoms with Crippen LogP contribution in [-0.4, -0.2) is 29.4 Å². The van der Waals surface area contributed by atoms with Gasteiger partial charge in [-0.05, 0) is 28.1 Å². The highest BCUT2D eigenvalue weighted by Crippen LogP contribution is 2.43. The molecule has 0 aliphatic carbocycles. The van der Waals surface area contributed by atoms with Gasteiger partial charge in [0.05, 0.1) is 18.8 Å². The molecule has 7 heteroatoms. The summed E-state index contributed by atoms with van der Waals surface area (Å²) < 4.78 is 16.8. The van der Waals surface area contributed by atoms with Crippen LogP contribution in [0.1, 0.15) is 17.0 Å². The molecule has 0 spiro atoms. The number of benzene rings is 1. The van der Waals surface area contributed by atoms with E-state index < -0.39 is 5.97 Å². The predicted octanol–water partition coefficient (Wildman–Crippen LogP) is 2.96. The fourth-order valence-electron chi connectivity index (χ4n) is 1.94. The minimum absolute atomic E-state index is 0.223. The molecule has 104 valence electrons. The Kier molecular flexibility index (Phi) is 3.35. The molecule has 0 bridgehead atoms. The van der Waals surface area contributed by atoms with Crippen molar-refractivity contribution in [3.05, 3.63) is 28.4 Å². The summed E-state index contributed by atoms with van der Waals surface area (Å²) in [6, 6.07) is 4.96. The highest BCUT2D eigenvalue weighted by Gasteiger charge is 2.22. The molecule has 1 aliphatic heterocycles. The van der Waals surface area contributed by atoms with Crippen molar-refractivity contribution < 1.29 is 23.9 Å². The van der Waals surface area contributed by atoms with Crippen LogP contribution < -0.4 is 9.47 Å². The summed E-state index contributed by atoms with van der Waals surface area (Å²) in [5, 5.41) is 12.7. The van der Waals surface area contributed by atoms with Crippen molar-refractivity contribution in [1.82, 2.24) is 5.16 Å². The zero-order chi connectivity index (χ0) is 14.1. The van der Waals surface area contributed by atoms with Crippen LogP contribution in [-0.2, 0) is 0 Å². The van der Waals surface area contributed by atoms with Crippen LogP contribution in [0, 0.1) is 0 Å². The Bertz CT molecular complexity index is 667. The van der Waals surface area contributed by atoms with Gasteiger partial charge in [0.1, 0.15) is 5.69 Å². The van der Waals surface area contributed by atoms with Gasteiger partial charge in [-0.1, -0.05) is 5.16 Å². The van der Waals surface area contributed by atoms with Gasteiger partial charge < -0.3 is 19.1 Å². The fourth-order valence-corrected chi connectivity index (χ4v) is 2.46. The largest absolute Gasteiger partial charge is 0.490 e. The van der Waals surface area contributed by atoms with Crippen molar-refractivity contribution in [3.63, 3.8) is 0 Å². The molecule has 0 saturated carbocycles. The van der Waals surface area contributed by atoms with E-state index in [1.54, 1.807) is 12.1 Å². The third-order valence-corrected chi connectivity index (χ3v) is 3.50. The van der Waals surface area contributed by atoms with Gasteiger partial charge in [-0.2, -0.15) is 0 Å². The van der Waals surface area contributed by atoms with Crippen molar-refractivity contribution in [2.45, 2.75) is 6.42 Å². The number of nitrogens with zero attached hydrogens (tertiary/aromatic N) is 1. The predicted molar refractivity (Wildman–Crippen MR) is 72.2 cm³/mol. The Morgan fingerprint density at radius 2 is 2.10 bits per heavy atom. The average Bonchev–Trinajstić information content (AvgIpc) is 2.78. The minimum Gasteiger partial charge on any atom is -0.490 e. The van der Waals surface area contributed by atoms with Crippen LogP contribution in [0.25, 0.3) is 11.3 Å². The monoisotopic (exact) mass is 339 g/mol. The molecule has 2 heterocycles. The Hall–Kier alpha value is -2.02. The number of aromatic carboxylic acids is 1. The number of aromatic nitrogens is 1. The molecule has 0 saturated heterocycles. The lowest BCUT2D eigenvalue weighted by molar-refractivity contribution is 0.0652. The molecule has 0 radical (unpaired) electrons. The number of carbonyl (C=O) groups is 1. The Morgan fingerprint density at radius 1 is 1.30 bits per heavy atom. The third kappa shape index (κ3) is 2.24. The number of carboxylic acid groups (broad SMARTS) is 1. The zero-order valence-corrected chi connectivity index (χ0v) is 11.8. The Morgan fingerprint density at radius 3 is 2.85 bits per heavy atom. The molecule has 0 fully saturated rings. The second-order valence-corrected chi connectivity index (χ2v) is 5.04. The Labute approximate surface area is 122 Å². The van der Waals surface area contributed by atoms with E-state index in [1.165, 1.54) is 6.07 Å². The normalized spacial score (nSPS) is 13.8. The highest BCUT2D eigenvalue weighted by molar-refractivity contribution is 9.10. The molecule has 1 N–H and O–H groups in total. The third-order valence-electron chi connectivity index (χ3n) is 2.84. The van der Waals surface area contributed by atoms with Crippen molar-refractivity contribution >= 4 is 21.9 Å². The molecular weight excluding hydrogens is 330 g/mol. The van der Waals surface area contributed by atoms with E-state index in [2.05, 4.69) is 21.1 Å². The van der Waals surface area contributed by atoms with E-state index in [9.17, 15) is 4.79 Å². The summed E-state index contributed by atoms with van der Waals surface area (Å²) in [7, 11) is 0. The molecule has 1 aliphatic rings. The summed E-state index contributed by atoms with van der Waals surface area (Å²) in [4.78, 5) is 10.9. The maximum absolute atomic E-state index is 10.9. The van der Waals surface area contributed by atoms with E-state index in [1.807, 2.05) is 0 Å². The summed E-state index contributed by atoms with van der Waals surface area (Å²) in [6.45, 7) is 1.10. The number of fused-ring (bicyclic) bond motifs is 1. The van der Waals surface area contributed by atoms with Gasteiger partial charge in [-0.15, -0.1) is 0 Å². The van der Waals surface area contributed by atoms with Gasteiger partial charge in [0.15, 0.2) is 11.5 Å². The summed E-state index contributed by atoms with van der Waals surface area (Å²) in [5.41, 5.74) is 1.01. The first-order valence-electron chi connectivity index (χ1n) is 5.95. The van der Waals surface area contributed by atoms with Gasteiger partial charge in [0.2, 0.25) is 5.76 Å². The van der Waals surface area contributed by atoms with E-state index in [-0.39, 0.29) is 5.76 Å². The van der Waals surface area contributed by atoms with E-state index in [0.717, 1.165) is 10.9 Å². The second-order valence-electron chi connectivity index (χ2n) is 4.18. The zero-order valence-electron chi connectivity index (χ0n) is 10.3. The standard InChI is InChI=1S/C13H10BrNO5/c14-7-2-3-9-12(19-5-1-4-18-9)11(7)8-6-10(13(16)17)20-15-8/h2-3,6H,1,4-5H2,(H,16,17). The van der Waals surface area contributed by atoms with Crippen LogP contribution >= 0.6 is 15.9 Å². The van der Waals surface area contributed by atoms with E-state index in [0.29, 0.717) is 36.0 Å². The van der Waals surface area contributed by atoms with Crippen molar-refractivity contribution in [1.29, 1.82) is 0 Å². The minimum atomic E-state index is -1.17. The molecule has 3 rings (SSSR count). The highest BCUT2D eigenvalue weighted by atomic mass is 79.9. The number of halogens is 1. The number of ether oxygens (including phenoxy) is 2. The number of carboxylic acids is 1. The SMILES string of the molecule is O=C(O)c1cc(-c2c(Br)ccc3c2OCCCO3)no1.